The van der Waals surface area contributed by atoms with E-state index >= 15 is 0 Å². The third-order valence-corrected chi connectivity index (χ3v) is 5.36. The van der Waals surface area contributed by atoms with Gasteiger partial charge in [-0.05, 0) is 49.7 Å². The van der Waals surface area contributed by atoms with Gasteiger partial charge in [0, 0.05) is 12.1 Å². The van der Waals surface area contributed by atoms with Crippen LogP contribution < -0.4 is 14.3 Å². The van der Waals surface area contributed by atoms with Crippen molar-refractivity contribution in [1.82, 2.24) is 4.57 Å². The minimum absolute atomic E-state index is 0.291. The van der Waals surface area contributed by atoms with Crippen LogP contribution in [0.3, 0.4) is 0 Å². The molecule has 0 atom stereocenters. The molecule has 1 amide bonds. The van der Waals surface area contributed by atoms with E-state index in [1.807, 2.05) is 41.8 Å². The van der Waals surface area contributed by atoms with Gasteiger partial charge in [-0.25, -0.2) is 0 Å². The summed E-state index contributed by atoms with van der Waals surface area (Å²) in [6.45, 7) is 9.72. The van der Waals surface area contributed by atoms with Gasteiger partial charge in [0.1, 0.15) is 11.5 Å². The number of ether oxygens (including phenoxy) is 2. The zero-order valence-corrected chi connectivity index (χ0v) is 17.7. The Balaban J connectivity index is 1.96. The molecule has 0 aliphatic carbocycles. The number of rotatable bonds is 9. The average Bonchev–Trinajstić information content (AvgIpc) is 3.05. The SMILES string of the molecule is C=CCn1c(=NC(=O)c2cccc(OCCCC)c2)sc2cc(OCC)ccc21. The number of unbranched alkanes of at least 4 members (excludes halogenated alkanes) is 1. The van der Waals surface area contributed by atoms with Crippen molar-refractivity contribution in [2.75, 3.05) is 13.2 Å². The lowest BCUT2D eigenvalue weighted by atomic mass is 10.2. The molecular weight excluding hydrogens is 384 g/mol. The number of amides is 1. The Kier molecular flexibility index (Phi) is 7.25. The van der Waals surface area contributed by atoms with Crippen molar-refractivity contribution in [2.45, 2.75) is 33.2 Å². The van der Waals surface area contributed by atoms with E-state index in [1.54, 1.807) is 18.2 Å². The van der Waals surface area contributed by atoms with Crippen molar-refractivity contribution in [3.63, 3.8) is 0 Å². The van der Waals surface area contributed by atoms with Crippen molar-refractivity contribution < 1.29 is 14.3 Å². The summed E-state index contributed by atoms with van der Waals surface area (Å²) in [5, 5.41) is 0. The van der Waals surface area contributed by atoms with E-state index in [1.165, 1.54) is 11.3 Å². The molecule has 1 aromatic heterocycles. The lowest BCUT2D eigenvalue weighted by Crippen LogP contribution is -2.16. The Morgan fingerprint density at radius 3 is 2.76 bits per heavy atom. The summed E-state index contributed by atoms with van der Waals surface area (Å²) in [5.41, 5.74) is 1.51. The second kappa shape index (κ2) is 10.1. The first-order valence-electron chi connectivity index (χ1n) is 9.85. The second-order valence-electron chi connectivity index (χ2n) is 6.49. The van der Waals surface area contributed by atoms with Gasteiger partial charge in [0.05, 0.1) is 23.4 Å². The summed E-state index contributed by atoms with van der Waals surface area (Å²) in [7, 11) is 0. The molecule has 0 unspecified atom stereocenters. The summed E-state index contributed by atoms with van der Waals surface area (Å²) >= 11 is 1.46. The Labute approximate surface area is 174 Å². The third kappa shape index (κ3) is 5.15. The fraction of sp³-hybridized carbons (Fsp3) is 0.304. The Bertz CT molecular complexity index is 1070. The van der Waals surface area contributed by atoms with Gasteiger partial charge in [-0.1, -0.05) is 36.8 Å². The van der Waals surface area contributed by atoms with Gasteiger partial charge in [-0.3, -0.25) is 4.79 Å². The largest absolute Gasteiger partial charge is 0.494 e. The highest BCUT2D eigenvalue weighted by atomic mass is 32.1. The maximum atomic E-state index is 12.8. The quantitative estimate of drug-likeness (QED) is 0.359. The monoisotopic (exact) mass is 410 g/mol. The van der Waals surface area contributed by atoms with Crippen molar-refractivity contribution >= 4 is 27.5 Å². The highest BCUT2D eigenvalue weighted by Gasteiger charge is 2.10. The van der Waals surface area contributed by atoms with Crippen LogP contribution in [0.1, 0.15) is 37.0 Å². The van der Waals surface area contributed by atoms with E-state index in [9.17, 15) is 4.79 Å². The number of aromatic nitrogens is 1. The first kappa shape index (κ1) is 20.9. The van der Waals surface area contributed by atoms with Crippen LogP contribution in [0.25, 0.3) is 10.2 Å². The fourth-order valence-corrected chi connectivity index (χ4v) is 3.97. The van der Waals surface area contributed by atoms with E-state index in [4.69, 9.17) is 9.47 Å². The van der Waals surface area contributed by atoms with Crippen molar-refractivity contribution in [3.05, 3.63) is 65.5 Å². The minimum Gasteiger partial charge on any atom is -0.494 e. The molecule has 0 aliphatic rings. The molecule has 3 aromatic rings. The molecule has 0 aliphatic heterocycles. The molecule has 5 nitrogen and oxygen atoms in total. The number of fused-ring (bicyclic) bond motifs is 1. The summed E-state index contributed by atoms with van der Waals surface area (Å²) in [6, 6.07) is 13.1. The zero-order valence-electron chi connectivity index (χ0n) is 16.9. The Morgan fingerprint density at radius 1 is 1.17 bits per heavy atom. The standard InChI is InChI=1S/C23H26N2O3S/c1-4-7-14-28-18-10-8-9-17(15-18)22(26)24-23-25(13-5-2)20-12-11-19(27-6-3)16-21(20)29-23/h5,8-12,15-16H,2,4,6-7,13-14H2,1,3H3. The molecule has 2 aromatic carbocycles. The van der Waals surface area contributed by atoms with Crippen LogP contribution in [-0.4, -0.2) is 23.7 Å². The number of allylic oxidation sites excluding steroid dienone is 1. The summed E-state index contributed by atoms with van der Waals surface area (Å²) in [6.07, 6.45) is 3.85. The van der Waals surface area contributed by atoms with E-state index in [-0.39, 0.29) is 5.91 Å². The number of benzene rings is 2. The molecular formula is C23H26N2O3S. The summed E-state index contributed by atoms with van der Waals surface area (Å²) in [4.78, 5) is 17.9. The average molecular weight is 411 g/mol. The van der Waals surface area contributed by atoms with Crippen LogP contribution in [-0.2, 0) is 6.54 Å². The van der Waals surface area contributed by atoms with Crippen molar-refractivity contribution in [1.29, 1.82) is 0 Å². The van der Waals surface area contributed by atoms with Crippen molar-refractivity contribution in [2.24, 2.45) is 4.99 Å². The van der Waals surface area contributed by atoms with E-state index in [0.29, 0.717) is 35.9 Å². The number of hydrogen-bond donors (Lipinski definition) is 0. The van der Waals surface area contributed by atoms with Gasteiger partial charge >= 0.3 is 0 Å². The first-order chi connectivity index (χ1) is 14.2. The molecule has 0 radical (unpaired) electrons. The lowest BCUT2D eigenvalue weighted by molar-refractivity contribution is 0.0997. The van der Waals surface area contributed by atoms with Gasteiger partial charge in [-0.15, -0.1) is 6.58 Å². The predicted molar refractivity (Wildman–Crippen MR) is 118 cm³/mol. The molecule has 0 saturated carbocycles. The molecule has 1 heterocycles. The number of hydrogen-bond acceptors (Lipinski definition) is 4. The van der Waals surface area contributed by atoms with Gasteiger partial charge in [0.15, 0.2) is 4.80 Å². The molecule has 29 heavy (non-hydrogen) atoms. The van der Waals surface area contributed by atoms with E-state index < -0.39 is 0 Å². The predicted octanol–water partition coefficient (Wildman–Crippen LogP) is 5.21. The van der Waals surface area contributed by atoms with Gasteiger partial charge < -0.3 is 14.0 Å². The van der Waals surface area contributed by atoms with Crippen LogP contribution in [0.5, 0.6) is 11.5 Å². The topological polar surface area (TPSA) is 52.8 Å². The van der Waals surface area contributed by atoms with Crippen LogP contribution in [0, 0.1) is 0 Å². The first-order valence-corrected chi connectivity index (χ1v) is 10.7. The number of carbonyl (C=O) groups excluding carboxylic acids is 1. The molecule has 6 heteroatoms. The second-order valence-corrected chi connectivity index (χ2v) is 7.50. The normalized spacial score (nSPS) is 11.6. The molecule has 152 valence electrons. The van der Waals surface area contributed by atoms with Crippen molar-refractivity contribution in [3.8, 4) is 11.5 Å². The lowest BCUT2D eigenvalue weighted by Gasteiger charge is -2.06. The molecule has 3 rings (SSSR count). The minimum atomic E-state index is -0.291. The highest BCUT2D eigenvalue weighted by Crippen LogP contribution is 2.24. The number of carbonyl (C=O) groups is 1. The maximum absolute atomic E-state index is 12.8. The van der Waals surface area contributed by atoms with Gasteiger partial charge in [-0.2, -0.15) is 4.99 Å². The molecule has 0 bridgehead atoms. The highest BCUT2D eigenvalue weighted by molar-refractivity contribution is 7.16. The molecule has 0 fully saturated rings. The summed E-state index contributed by atoms with van der Waals surface area (Å²) in [5.74, 6) is 1.21. The fourth-order valence-electron chi connectivity index (χ4n) is 2.91. The van der Waals surface area contributed by atoms with Gasteiger partial charge in [0.2, 0.25) is 0 Å². The van der Waals surface area contributed by atoms with Crippen LogP contribution in [0.2, 0.25) is 0 Å². The zero-order chi connectivity index (χ0) is 20.6. The van der Waals surface area contributed by atoms with E-state index in [0.717, 1.165) is 28.8 Å². The van der Waals surface area contributed by atoms with Crippen LogP contribution >= 0.6 is 11.3 Å². The third-order valence-electron chi connectivity index (χ3n) is 4.32. The number of thiazole rings is 1. The smallest absolute Gasteiger partial charge is 0.279 e. The molecule has 0 N–H and O–H groups in total. The van der Waals surface area contributed by atoms with E-state index in [2.05, 4.69) is 18.5 Å². The molecule has 0 spiro atoms. The van der Waals surface area contributed by atoms with Crippen LogP contribution in [0.15, 0.2) is 60.1 Å². The van der Waals surface area contributed by atoms with Crippen LogP contribution in [0.4, 0.5) is 0 Å². The Morgan fingerprint density at radius 2 is 2.00 bits per heavy atom. The Hall–Kier alpha value is -2.86. The number of nitrogens with zero attached hydrogens (tertiary/aromatic N) is 2. The molecule has 0 saturated heterocycles. The summed E-state index contributed by atoms with van der Waals surface area (Å²) < 4.78 is 14.3. The van der Waals surface area contributed by atoms with Gasteiger partial charge in [0.25, 0.3) is 5.91 Å². The maximum Gasteiger partial charge on any atom is 0.279 e.